The number of hydrogen-bond donors (Lipinski definition) is 2. The van der Waals surface area contributed by atoms with Crippen LogP contribution in [-0.4, -0.2) is 5.44 Å². The molecule has 1 rings (SSSR count). The first-order valence-corrected chi connectivity index (χ1v) is 5.48. The second-order valence-electron chi connectivity index (χ2n) is 2.36. The van der Waals surface area contributed by atoms with Crippen molar-refractivity contribution in [3.8, 4) is 5.75 Å². The van der Waals surface area contributed by atoms with Crippen LogP contribution >= 0.6 is 22.5 Å². The smallest absolute Gasteiger partial charge is 0.151 e. The Kier molecular flexibility index (Phi) is 3.62. The van der Waals surface area contributed by atoms with Crippen LogP contribution in [0.4, 0.5) is 5.69 Å². The molecule has 0 fully saturated rings. The maximum absolute atomic E-state index is 5.51. The van der Waals surface area contributed by atoms with Crippen molar-refractivity contribution >= 4 is 28.1 Å². The van der Waals surface area contributed by atoms with Crippen LogP contribution in [-0.2, 0) is 0 Å². The zero-order valence-electron chi connectivity index (χ0n) is 6.73. The van der Waals surface area contributed by atoms with Gasteiger partial charge in [-0.3, -0.25) is 0 Å². The molecule has 1 aromatic carbocycles. The fourth-order valence-corrected chi connectivity index (χ4v) is 1.04. The predicted octanol–water partition coefficient (Wildman–Crippen LogP) is 2.57. The molecule has 2 N–H and O–H groups in total. The van der Waals surface area contributed by atoms with Crippen molar-refractivity contribution in [3.63, 3.8) is 0 Å². The van der Waals surface area contributed by atoms with Crippen molar-refractivity contribution in [1.29, 1.82) is 0 Å². The molecule has 2 nitrogen and oxygen atoms in total. The second kappa shape index (κ2) is 4.52. The van der Waals surface area contributed by atoms with Crippen molar-refractivity contribution < 1.29 is 4.74 Å². The molecule has 66 valence electrons. The van der Waals surface area contributed by atoms with Gasteiger partial charge in [-0.1, -0.05) is 10.8 Å². The van der Waals surface area contributed by atoms with Gasteiger partial charge in [-0.25, -0.2) is 0 Å². The Labute approximate surface area is 81.3 Å². The number of ether oxygens (including phenoxy) is 1. The highest BCUT2D eigenvalue weighted by atomic mass is 33.1. The summed E-state index contributed by atoms with van der Waals surface area (Å²) in [5.74, 6) is 0.818. The number of anilines is 1. The molecule has 12 heavy (non-hydrogen) atoms. The standard InChI is InChI=1S/C8H11NOS2/c1-6(12-11)10-8-4-2-7(9)3-5-8/h2-6,11H,9H2,1H3. The Hall–Kier alpha value is -0.480. The largest absolute Gasteiger partial charge is 0.479 e. The van der Waals surface area contributed by atoms with Crippen molar-refractivity contribution in [1.82, 2.24) is 0 Å². The van der Waals surface area contributed by atoms with Crippen molar-refractivity contribution in [2.24, 2.45) is 0 Å². The minimum atomic E-state index is 0.0527. The van der Waals surface area contributed by atoms with Crippen LogP contribution < -0.4 is 10.5 Å². The molecular formula is C8H11NOS2. The van der Waals surface area contributed by atoms with E-state index in [9.17, 15) is 0 Å². The van der Waals surface area contributed by atoms with Gasteiger partial charge in [0.2, 0.25) is 0 Å². The lowest BCUT2D eigenvalue weighted by Gasteiger charge is -2.10. The van der Waals surface area contributed by atoms with Crippen LogP contribution in [0.2, 0.25) is 0 Å². The zero-order valence-corrected chi connectivity index (χ0v) is 8.44. The van der Waals surface area contributed by atoms with Crippen LogP contribution in [0.5, 0.6) is 5.75 Å². The van der Waals surface area contributed by atoms with Gasteiger partial charge in [0.05, 0.1) is 0 Å². The lowest BCUT2D eigenvalue weighted by molar-refractivity contribution is 0.309. The van der Waals surface area contributed by atoms with E-state index in [1.807, 2.05) is 31.2 Å². The van der Waals surface area contributed by atoms with E-state index < -0.39 is 0 Å². The van der Waals surface area contributed by atoms with Gasteiger partial charge in [0.25, 0.3) is 0 Å². The van der Waals surface area contributed by atoms with E-state index in [2.05, 4.69) is 11.7 Å². The minimum Gasteiger partial charge on any atom is -0.479 e. The number of nitrogen functional groups attached to an aromatic ring is 1. The lowest BCUT2D eigenvalue weighted by Crippen LogP contribution is -2.04. The molecule has 1 unspecified atom stereocenters. The summed E-state index contributed by atoms with van der Waals surface area (Å²) in [6.07, 6.45) is 0. The Morgan fingerprint density at radius 3 is 2.50 bits per heavy atom. The molecule has 4 heteroatoms. The third-order valence-corrected chi connectivity index (χ3v) is 2.61. The van der Waals surface area contributed by atoms with Crippen LogP contribution in [0.3, 0.4) is 0 Å². The average Bonchev–Trinajstić information content (AvgIpc) is 2.09. The molecule has 1 aromatic rings. The van der Waals surface area contributed by atoms with Crippen LogP contribution in [0, 0.1) is 0 Å². The number of thiol groups is 1. The summed E-state index contributed by atoms with van der Waals surface area (Å²) < 4.78 is 5.45. The molecule has 0 spiro atoms. The highest BCUT2D eigenvalue weighted by molar-refractivity contribution is 8.68. The molecule has 0 saturated heterocycles. The molecule has 0 heterocycles. The fraction of sp³-hybridized carbons (Fsp3) is 0.250. The van der Waals surface area contributed by atoms with Crippen LogP contribution in [0.1, 0.15) is 6.92 Å². The predicted molar refractivity (Wildman–Crippen MR) is 57.5 cm³/mol. The molecule has 0 aliphatic carbocycles. The zero-order chi connectivity index (χ0) is 8.97. The summed E-state index contributed by atoms with van der Waals surface area (Å²) in [5, 5.41) is 0. The highest BCUT2D eigenvalue weighted by Crippen LogP contribution is 2.20. The molecule has 0 radical (unpaired) electrons. The van der Waals surface area contributed by atoms with E-state index in [0.717, 1.165) is 11.4 Å². The molecule has 0 aliphatic heterocycles. The first kappa shape index (κ1) is 9.61. The average molecular weight is 201 g/mol. The number of nitrogens with two attached hydrogens (primary N) is 1. The van der Waals surface area contributed by atoms with Gasteiger partial charge >= 0.3 is 0 Å². The lowest BCUT2D eigenvalue weighted by atomic mass is 10.3. The summed E-state index contributed by atoms with van der Waals surface area (Å²) in [6.45, 7) is 1.94. The van der Waals surface area contributed by atoms with Gasteiger partial charge < -0.3 is 10.5 Å². The third-order valence-electron chi connectivity index (χ3n) is 1.33. The van der Waals surface area contributed by atoms with Gasteiger partial charge in [-0.15, -0.1) is 11.7 Å². The van der Waals surface area contributed by atoms with Gasteiger partial charge in [-0.05, 0) is 31.2 Å². The molecule has 0 amide bonds. The summed E-state index contributed by atoms with van der Waals surface area (Å²) in [6, 6.07) is 7.31. The number of hydrogen-bond acceptors (Lipinski definition) is 4. The first-order valence-electron chi connectivity index (χ1n) is 3.55. The summed E-state index contributed by atoms with van der Waals surface area (Å²) in [4.78, 5) is 0. The summed E-state index contributed by atoms with van der Waals surface area (Å²) >= 11 is 4.03. The number of benzene rings is 1. The van der Waals surface area contributed by atoms with Crippen molar-refractivity contribution in [2.45, 2.75) is 12.4 Å². The second-order valence-corrected chi connectivity index (χ2v) is 3.87. The molecule has 0 aromatic heterocycles. The number of rotatable bonds is 3. The fourth-order valence-electron chi connectivity index (χ4n) is 0.760. The summed E-state index contributed by atoms with van der Waals surface area (Å²) in [7, 11) is 1.36. The Bertz CT molecular complexity index is 237. The Morgan fingerprint density at radius 1 is 1.42 bits per heavy atom. The SMILES string of the molecule is CC(Oc1ccc(N)cc1)SS. The molecular weight excluding hydrogens is 190 g/mol. The minimum absolute atomic E-state index is 0.0527. The van der Waals surface area contributed by atoms with Gasteiger partial charge in [0.15, 0.2) is 5.44 Å². The monoisotopic (exact) mass is 201 g/mol. The van der Waals surface area contributed by atoms with Crippen molar-refractivity contribution in [2.75, 3.05) is 5.73 Å². The summed E-state index contributed by atoms with van der Waals surface area (Å²) in [5.41, 5.74) is 6.31. The van der Waals surface area contributed by atoms with Gasteiger partial charge in [0.1, 0.15) is 5.75 Å². The highest BCUT2D eigenvalue weighted by Gasteiger charge is 2.00. The van der Waals surface area contributed by atoms with E-state index in [1.54, 1.807) is 0 Å². The van der Waals surface area contributed by atoms with Crippen molar-refractivity contribution in [3.05, 3.63) is 24.3 Å². The topological polar surface area (TPSA) is 35.2 Å². The third kappa shape index (κ3) is 2.87. The maximum atomic E-state index is 5.51. The maximum Gasteiger partial charge on any atom is 0.151 e. The van der Waals surface area contributed by atoms with Gasteiger partial charge in [0, 0.05) is 5.69 Å². The van der Waals surface area contributed by atoms with E-state index >= 15 is 0 Å². The Morgan fingerprint density at radius 2 is 2.00 bits per heavy atom. The quantitative estimate of drug-likeness (QED) is 0.341. The van der Waals surface area contributed by atoms with Gasteiger partial charge in [-0.2, -0.15) is 0 Å². The van der Waals surface area contributed by atoms with Crippen LogP contribution in [0.25, 0.3) is 0 Å². The molecule has 0 bridgehead atoms. The van der Waals surface area contributed by atoms with Crippen LogP contribution in [0.15, 0.2) is 24.3 Å². The molecule has 0 aliphatic rings. The van der Waals surface area contributed by atoms with E-state index in [4.69, 9.17) is 10.5 Å². The normalized spacial score (nSPS) is 12.5. The van der Waals surface area contributed by atoms with E-state index in [-0.39, 0.29) is 5.44 Å². The first-order chi connectivity index (χ1) is 5.72. The molecule has 0 saturated carbocycles. The molecule has 1 atom stereocenters. The van der Waals surface area contributed by atoms with E-state index in [0.29, 0.717) is 0 Å². The Balaban J connectivity index is 2.58. The van der Waals surface area contributed by atoms with E-state index in [1.165, 1.54) is 10.8 Å².